The molecule has 0 saturated carbocycles. The van der Waals surface area contributed by atoms with Crippen LogP contribution in [0.5, 0.6) is 0 Å². The van der Waals surface area contributed by atoms with Crippen LogP contribution >= 0.6 is 0 Å². The molecule has 4 rings (SSSR count). The molecule has 1 aliphatic rings. The number of hydrogen-bond donors (Lipinski definition) is 2. The average molecular weight is 454 g/mol. The highest BCUT2D eigenvalue weighted by Crippen LogP contribution is 2.21. The summed E-state index contributed by atoms with van der Waals surface area (Å²) in [5.74, 6) is -1.13. The van der Waals surface area contributed by atoms with Crippen molar-refractivity contribution in [1.29, 1.82) is 0 Å². The Hall–Kier alpha value is -3.50. The highest BCUT2D eigenvalue weighted by Gasteiger charge is 2.27. The standard InChI is InChI=1S/C22H23N5O4S/c1-16-15-20(25-27(16)18-7-3-2-4-8-18)22(29)24-23-21(28)17-9-11-19(12-10-17)32(30,31)26-13-5-6-14-26/h2-4,7-12,15H,5-6,13-14H2,1H3,(H,23,28)(H,24,29). The molecule has 166 valence electrons. The Labute approximate surface area is 186 Å². The molecule has 2 aromatic carbocycles. The molecule has 1 aliphatic heterocycles. The molecule has 2 amide bonds. The minimum atomic E-state index is -3.55. The molecule has 32 heavy (non-hydrogen) atoms. The van der Waals surface area contributed by atoms with Gasteiger partial charge < -0.3 is 0 Å². The van der Waals surface area contributed by atoms with E-state index in [4.69, 9.17) is 0 Å². The van der Waals surface area contributed by atoms with Gasteiger partial charge in [0, 0.05) is 24.3 Å². The summed E-state index contributed by atoms with van der Waals surface area (Å²) < 4.78 is 28.2. The van der Waals surface area contributed by atoms with Crippen LogP contribution in [0.15, 0.2) is 65.6 Å². The fraction of sp³-hybridized carbons (Fsp3) is 0.227. The second kappa shape index (κ2) is 8.93. The van der Waals surface area contributed by atoms with Gasteiger partial charge in [-0.05, 0) is 62.2 Å². The van der Waals surface area contributed by atoms with Crippen molar-refractivity contribution in [3.05, 3.63) is 77.6 Å². The number of carbonyl (C=O) groups is 2. The summed E-state index contributed by atoms with van der Waals surface area (Å²) in [6, 6.07) is 16.6. The topological polar surface area (TPSA) is 113 Å². The molecule has 2 heterocycles. The number of hydrazine groups is 1. The van der Waals surface area contributed by atoms with Crippen LogP contribution in [0, 0.1) is 6.92 Å². The van der Waals surface area contributed by atoms with Gasteiger partial charge in [0.05, 0.1) is 10.6 Å². The predicted octanol–water partition coefficient (Wildman–Crippen LogP) is 2.04. The third kappa shape index (κ3) is 4.41. The van der Waals surface area contributed by atoms with Gasteiger partial charge in [0.25, 0.3) is 11.8 Å². The first kappa shape index (κ1) is 21.7. The summed E-state index contributed by atoms with van der Waals surface area (Å²) in [6.07, 6.45) is 1.70. The van der Waals surface area contributed by atoms with E-state index in [1.165, 1.54) is 28.6 Å². The number of aromatic nitrogens is 2. The monoisotopic (exact) mass is 453 g/mol. The molecular weight excluding hydrogens is 430 g/mol. The zero-order valence-corrected chi connectivity index (χ0v) is 18.3. The molecule has 0 bridgehead atoms. The van der Waals surface area contributed by atoms with Gasteiger partial charge in [0.2, 0.25) is 10.0 Å². The summed E-state index contributed by atoms with van der Waals surface area (Å²) in [5, 5.41) is 4.29. The smallest absolute Gasteiger partial charge is 0.267 e. The Bertz CT molecular complexity index is 1230. The van der Waals surface area contributed by atoms with Gasteiger partial charge in [-0.25, -0.2) is 13.1 Å². The van der Waals surface area contributed by atoms with Gasteiger partial charge in [-0.3, -0.25) is 20.4 Å². The quantitative estimate of drug-likeness (QED) is 0.574. The van der Waals surface area contributed by atoms with Crippen LogP contribution < -0.4 is 10.9 Å². The number of carbonyl (C=O) groups excluding carboxylic acids is 2. The van der Waals surface area contributed by atoms with Crippen LogP contribution in [-0.4, -0.2) is 47.4 Å². The second-order valence-corrected chi connectivity index (χ2v) is 9.40. The maximum absolute atomic E-state index is 12.6. The molecule has 1 fully saturated rings. The zero-order valence-electron chi connectivity index (χ0n) is 17.5. The lowest BCUT2D eigenvalue weighted by Gasteiger charge is -2.15. The molecule has 1 aromatic heterocycles. The van der Waals surface area contributed by atoms with Gasteiger partial charge in [-0.1, -0.05) is 18.2 Å². The second-order valence-electron chi connectivity index (χ2n) is 7.46. The van der Waals surface area contributed by atoms with E-state index in [1.54, 1.807) is 10.7 Å². The number of amides is 2. The van der Waals surface area contributed by atoms with Gasteiger partial charge in [0.15, 0.2) is 5.69 Å². The van der Waals surface area contributed by atoms with Crippen molar-refractivity contribution in [3.63, 3.8) is 0 Å². The lowest BCUT2D eigenvalue weighted by atomic mass is 10.2. The van der Waals surface area contributed by atoms with Gasteiger partial charge in [-0.2, -0.15) is 9.40 Å². The SMILES string of the molecule is Cc1cc(C(=O)NNC(=O)c2ccc(S(=O)(=O)N3CCCC3)cc2)nn1-c1ccccc1. The normalized spacial score (nSPS) is 14.3. The summed E-state index contributed by atoms with van der Waals surface area (Å²) in [7, 11) is -3.55. The number of aryl methyl sites for hydroxylation is 1. The van der Waals surface area contributed by atoms with Crippen molar-refractivity contribution in [2.75, 3.05) is 13.1 Å². The number of para-hydroxylation sites is 1. The Balaban J connectivity index is 1.39. The first-order valence-electron chi connectivity index (χ1n) is 10.2. The van der Waals surface area contributed by atoms with Crippen LogP contribution in [0.2, 0.25) is 0 Å². The third-order valence-corrected chi connectivity index (χ3v) is 7.14. The highest BCUT2D eigenvalue weighted by molar-refractivity contribution is 7.89. The van der Waals surface area contributed by atoms with E-state index in [0.717, 1.165) is 24.2 Å². The molecule has 0 unspecified atom stereocenters. The van der Waals surface area contributed by atoms with Crippen LogP contribution in [0.1, 0.15) is 39.4 Å². The summed E-state index contributed by atoms with van der Waals surface area (Å²) >= 11 is 0. The van der Waals surface area contributed by atoms with E-state index < -0.39 is 21.8 Å². The van der Waals surface area contributed by atoms with Crippen LogP contribution in [0.3, 0.4) is 0 Å². The molecule has 1 saturated heterocycles. The lowest BCUT2D eigenvalue weighted by Crippen LogP contribution is -2.41. The minimum Gasteiger partial charge on any atom is -0.267 e. The maximum Gasteiger partial charge on any atom is 0.290 e. The number of nitrogens with one attached hydrogen (secondary N) is 2. The van der Waals surface area contributed by atoms with Crippen molar-refractivity contribution >= 4 is 21.8 Å². The molecule has 3 aromatic rings. The molecule has 10 heteroatoms. The Morgan fingerprint density at radius 1 is 0.906 bits per heavy atom. The number of hydrogen-bond acceptors (Lipinski definition) is 5. The fourth-order valence-corrected chi connectivity index (χ4v) is 5.04. The molecular formula is C22H23N5O4S. The number of rotatable bonds is 5. The van der Waals surface area contributed by atoms with Crippen LogP contribution in [0.25, 0.3) is 5.69 Å². The predicted molar refractivity (Wildman–Crippen MR) is 118 cm³/mol. The van der Waals surface area contributed by atoms with E-state index in [9.17, 15) is 18.0 Å². The molecule has 0 spiro atoms. The van der Waals surface area contributed by atoms with Crippen LogP contribution in [0.4, 0.5) is 0 Å². The Kier molecular flexibility index (Phi) is 6.06. The van der Waals surface area contributed by atoms with Crippen molar-refractivity contribution in [3.8, 4) is 5.69 Å². The summed E-state index contributed by atoms with van der Waals surface area (Å²) in [5.41, 5.74) is 6.62. The van der Waals surface area contributed by atoms with Crippen molar-refractivity contribution in [2.45, 2.75) is 24.7 Å². The number of nitrogens with zero attached hydrogens (tertiary/aromatic N) is 3. The van der Waals surface area contributed by atoms with Crippen LogP contribution in [-0.2, 0) is 10.0 Å². The first-order chi connectivity index (χ1) is 15.4. The molecule has 0 atom stereocenters. The van der Waals surface area contributed by atoms with E-state index in [0.29, 0.717) is 13.1 Å². The van der Waals surface area contributed by atoms with E-state index in [2.05, 4.69) is 16.0 Å². The lowest BCUT2D eigenvalue weighted by molar-refractivity contribution is 0.0843. The first-order valence-corrected chi connectivity index (χ1v) is 11.6. The highest BCUT2D eigenvalue weighted by atomic mass is 32.2. The Morgan fingerprint density at radius 3 is 2.19 bits per heavy atom. The number of sulfonamides is 1. The van der Waals surface area contributed by atoms with E-state index in [1.807, 2.05) is 37.3 Å². The van der Waals surface area contributed by atoms with E-state index in [-0.39, 0.29) is 16.2 Å². The summed E-state index contributed by atoms with van der Waals surface area (Å²) in [4.78, 5) is 24.9. The average Bonchev–Trinajstić information content (AvgIpc) is 3.48. The fourth-order valence-electron chi connectivity index (χ4n) is 3.52. The zero-order chi connectivity index (χ0) is 22.7. The third-order valence-electron chi connectivity index (χ3n) is 5.23. The van der Waals surface area contributed by atoms with Gasteiger partial charge in [-0.15, -0.1) is 0 Å². The summed E-state index contributed by atoms with van der Waals surface area (Å²) in [6.45, 7) is 2.85. The van der Waals surface area contributed by atoms with Crippen molar-refractivity contribution in [1.82, 2.24) is 24.9 Å². The molecule has 9 nitrogen and oxygen atoms in total. The molecule has 0 aliphatic carbocycles. The van der Waals surface area contributed by atoms with Gasteiger partial charge in [0.1, 0.15) is 0 Å². The van der Waals surface area contributed by atoms with Crippen molar-refractivity contribution < 1.29 is 18.0 Å². The van der Waals surface area contributed by atoms with Gasteiger partial charge >= 0.3 is 0 Å². The van der Waals surface area contributed by atoms with Crippen molar-refractivity contribution in [2.24, 2.45) is 0 Å². The maximum atomic E-state index is 12.6. The minimum absolute atomic E-state index is 0.141. The van der Waals surface area contributed by atoms with E-state index >= 15 is 0 Å². The molecule has 0 radical (unpaired) electrons. The largest absolute Gasteiger partial charge is 0.290 e. The number of benzene rings is 2. The Morgan fingerprint density at radius 2 is 1.53 bits per heavy atom. The molecule has 2 N–H and O–H groups in total.